The first kappa shape index (κ1) is 14.1. The molecule has 1 saturated carbocycles. The number of rotatable bonds is 5. The Morgan fingerprint density at radius 2 is 2.22 bits per heavy atom. The van der Waals surface area contributed by atoms with Gasteiger partial charge in [0.2, 0.25) is 0 Å². The average molecular weight is 265 g/mol. The first-order chi connectivity index (χ1) is 8.79. The molecule has 1 fully saturated rings. The summed E-state index contributed by atoms with van der Waals surface area (Å²) < 4.78 is 0. The van der Waals surface area contributed by atoms with Gasteiger partial charge in [-0.3, -0.25) is 0 Å². The summed E-state index contributed by atoms with van der Waals surface area (Å²) in [5.41, 5.74) is 0. The summed E-state index contributed by atoms with van der Waals surface area (Å²) in [6.45, 7) is 4.70. The minimum Gasteiger partial charge on any atom is -0.306 e. The molecule has 3 atom stereocenters. The highest BCUT2D eigenvalue weighted by atomic mass is 32.1. The van der Waals surface area contributed by atoms with Crippen LogP contribution in [-0.4, -0.2) is 6.04 Å². The number of nitrogens with one attached hydrogen (secondary N) is 1. The fourth-order valence-corrected chi connectivity index (χ4v) is 3.85. The van der Waals surface area contributed by atoms with Gasteiger partial charge in [-0.15, -0.1) is 11.3 Å². The summed E-state index contributed by atoms with van der Waals surface area (Å²) in [4.78, 5) is 1.52. The molecule has 0 saturated heterocycles. The van der Waals surface area contributed by atoms with Gasteiger partial charge in [0.25, 0.3) is 0 Å². The summed E-state index contributed by atoms with van der Waals surface area (Å²) in [5, 5.41) is 6.13. The number of thiophene rings is 1. The summed E-state index contributed by atoms with van der Waals surface area (Å²) in [6.07, 6.45) is 9.51. The summed E-state index contributed by atoms with van der Waals surface area (Å²) in [7, 11) is 0. The quantitative estimate of drug-likeness (QED) is 0.726. The van der Waals surface area contributed by atoms with E-state index in [0.717, 1.165) is 12.0 Å². The molecule has 1 aliphatic carbocycles. The van der Waals surface area contributed by atoms with E-state index < -0.39 is 0 Å². The third-order valence-corrected chi connectivity index (χ3v) is 5.14. The van der Waals surface area contributed by atoms with Crippen molar-refractivity contribution >= 4 is 11.3 Å². The van der Waals surface area contributed by atoms with E-state index in [1.54, 1.807) is 0 Å². The third-order valence-electron chi connectivity index (χ3n) is 4.16. The van der Waals surface area contributed by atoms with Crippen molar-refractivity contribution < 1.29 is 0 Å². The zero-order valence-corrected chi connectivity index (χ0v) is 12.6. The lowest BCUT2D eigenvalue weighted by Crippen LogP contribution is -2.32. The normalized spacial score (nSPS) is 26.8. The van der Waals surface area contributed by atoms with Crippen LogP contribution in [0.5, 0.6) is 0 Å². The van der Waals surface area contributed by atoms with Crippen LogP contribution in [-0.2, 0) is 0 Å². The van der Waals surface area contributed by atoms with Gasteiger partial charge >= 0.3 is 0 Å². The maximum atomic E-state index is 3.93. The van der Waals surface area contributed by atoms with Gasteiger partial charge in [0, 0.05) is 17.0 Å². The van der Waals surface area contributed by atoms with Crippen molar-refractivity contribution in [2.45, 2.75) is 70.9 Å². The van der Waals surface area contributed by atoms with E-state index in [2.05, 4.69) is 36.7 Å². The largest absolute Gasteiger partial charge is 0.306 e. The lowest BCUT2D eigenvalue weighted by atomic mass is 10.0. The molecule has 102 valence electrons. The molecule has 1 aromatic rings. The van der Waals surface area contributed by atoms with Crippen LogP contribution in [0, 0.1) is 5.92 Å². The standard InChI is InChI=1S/C16H27NS/c1-3-6-15(16-9-5-12-18-16)17-14-8-4-7-13(2)10-11-14/h5,9,12-15,17H,3-4,6-8,10-11H2,1-2H3. The monoisotopic (exact) mass is 265 g/mol. The second-order valence-electron chi connectivity index (χ2n) is 5.83. The van der Waals surface area contributed by atoms with E-state index in [0.29, 0.717) is 6.04 Å². The Bertz CT molecular complexity index is 320. The maximum absolute atomic E-state index is 3.93. The zero-order chi connectivity index (χ0) is 12.8. The van der Waals surface area contributed by atoms with Gasteiger partial charge in [0.15, 0.2) is 0 Å². The molecule has 3 unspecified atom stereocenters. The van der Waals surface area contributed by atoms with Gasteiger partial charge in [0.1, 0.15) is 0 Å². The van der Waals surface area contributed by atoms with Crippen LogP contribution in [0.4, 0.5) is 0 Å². The molecular formula is C16H27NS. The Hall–Kier alpha value is -0.340. The Kier molecular flexibility index (Phi) is 5.71. The SMILES string of the molecule is CCCC(NC1CCCC(C)CC1)c1cccs1. The Balaban J connectivity index is 1.92. The molecule has 0 amide bonds. The fourth-order valence-electron chi connectivity index (χ4n) is 3.02. The van der Waals surface area contributed by atoms with Gasteiger partial charge in [-0.05, 0) is 43.0 Å². The van der Waals surface area contributed by atoms with Crippen LogP contribution in [0.2, 0.25) is 0 Å². The van der Waals surface area contributed by atoms with Crippen LogP contribution in [0.1, 0.15) is 69.7 Å². The number of hydrogen-bond acceptors (Lipinski definition) is 2. The molecule has 0 aromatic carbocycles. The molecule has 0 spiro atoms. The van der Waals surface area contributed by atoms with Crippen molar-refractivity contribution in [3.05, 3.63) is 22.4 Å². The van der Waals surface area contributed by atoms with Gasteiger partial charge < -0.3 is 5.32 Å². The minimum atomic E-state index is 0.591. The van der Waals surface area contributed by atoms with Crippen LogP contribution < -0.4 is 5.32 Å². The third kappa shape index (κ3) is 4.10. The van der Waals surface area contributed by atoms with E-state index in [9.17, 15) is 0 Å². The lowest BCUT2D eigenvalue weighted by Gasteiger charge is -2.24. The highest BCUT2D eigenvalue weighted by molar-refractivity contribution is 7.10. The van der Waals surface area contributed by atoms with Gasteiger partial charge in [-0.25, -0.2) is 0 Å². The van der Waals surface area contributed by atoms with Crippen LogP contribution in [0.25, 0.3) is 0 Å². The smallest absolute Gasteiger partial charge is 0.0416 e. The Labute approximate surface area is 116 Å². The summed E-state index contributed by atoms with van der Waals surface area (Å²) in [6, 6.07) is 5.80. The molecule has 1 heterocycles. The molecule has 2 heteroatoms. The van der Waals surface area contributed by atoms with Gasteiger partial charge in [0.05, 0.1) is 0 Å². The summed E-state index contributed by atoms with van der Waals surface area (Å²) >= 11 is 1.90. The Morgan fingerprint density at radius 1 is 1.33 bits per heavy atom. The molecule has 0 aliphatic heterocycles. The molecule has 1 nitrogen and oxygen atoms in total. The first-order valence-corrected chi connectivity index (χ1v) is 8.47. The van der Waals surface area contributed by atoms with Crippen molar-refractivity contribution in [1.82, 2.24) is 5.32 Å². The second-order valence-corrected chi connectivity index (χ2v) is 6.81. The fraction of sp³-hybridized carbons (Fsp3) is 0.750. The zero-order valence-electron chi connectivity index (χ0n) is 11.8. The van der Waals surface area contributed by atoms with E-state index >= 15 is 0 Å². The van der Waals surface area contributed by atoms with E-state index in [-0.39, 0.29) is 0 Å². The highest BCUT2D eigenvalue weighted by Gasteiger charge is 2.20. The van der Waals surface area contributed by atoms with Crippen molar-refractivity contribution in [3.8, 4) is 0 Å². The molecular weight excluding hydrogens is 238 g/mol. The topological polar surface area (TPSA) is 12.0 Å². The van der Waals surface area contributed by atoms with E-state index in [1.807, 2.05) is 11.3 Å². The van der Waals surface area contributed by atoms with Crippen LogP contribution >= 0.6 is 11.3 Å². The van der Waals surface area contributed by atoms with Crippen molar-refractivity contribution in [2.24, 2.45) is 5.92 Å². The first-order valence-electron chi connectivity index (χ1n) is 7.59. The molecule has 18 heavy (non-hydrogen) atoms. The predicted molar refractivity (Wildman–Crippen MR) is 81.1 cm³/mol. The predicted octanol–water partition coefficient (Wildman–Crippen LogP) is 5.15. The van der Waals surface area contributed by atoms with Crippen LogP contribution in [0.3, 0.4) is 0 Å². The molecule has 1 aliphatic rings. The van der Waals surface area contributed by atoms with Gasteiger partial charge in [-0.1, -0.05) is 39.2 Å². The maximum Gasteiger partial charge on any atom is 0.0416 e. The minimum absolute atomic E-state index is 0.591. The summed E-state index contributed by atoms with van der Waals surface area (Å²) in [5.74, 6) is 0.933. The molecule has 2 rings (SSSR count). The van der Waals surface area contributed by atoms with E-state index in [1.165, 1.54) is 49.8 Å². The second kappa shape index (κ2) is 7.30. The Morgan fingerprint density at radius 3 is 2.94 bits per heavy atom. The molecule has 0 bridgehead atoms. The molecule has 1 aromatic heterocycles. The molecule has 0 radical (unpaired) electrons. The van der Waals surface area contributed by atoms with Crippen molar-refractivity contribution in [2.75, 3.05) is 0 Å². The molecule has 1 N–H and O–H groups in total. The number of hydrogen-bond donors (Lipinski definition) is 1. The van der Waals surface area contributed by atoms with Crippen LogP contribution in [0.15, 0.2) is 17.5 Å². The average Bonchev–Trinajstić information content (AvgIpc) is 2.81. The van der Waals surface area contributed by atoms with Gasteiger partial charge in [-0.2, -0.15) is 0 Å². The van der Waals surface area contributed by atoms with Crippen molar-refractivity contribution in [3.63, 3.8) is 0 Å². The van der Waals surface area contributed by atoms with E-state index in [4.69, 9.17) is 0 Å². The highest BCUT2D eigenvalue weighted by Crippen LogP contribution is 2.28. The lowest BCUT2D eigenvalue weighted by molar-refractivity contribution is 0.382. The van der Waals surface area contributed by atoms with Crippen molar-refractivity contribution in [1.29, 1.82) is 0 Å².